The zero-order valence-corrected chi connectivity index (χ0v) is 10.8. The minimum atomic E-state index is 0.0766. The monoisotopic (exact) mass is 248 g/mol. The molecular formula is C13H20N4O. The van der Waals surface area contributed by atoms with Crippen LogP contribution in [0.4, 0.5) is 0 Å². The highest BCUT2D eigenvalue weighted by atomic mass is 16.1. The van der Waals surface area contributed by atoms with Crippen molar-refractivity contribution in [2.24, 2.45) is 0 Å². The van der Waals surface area contributed by atoms with E-state index in [0.29, 0.717) is 19.1 Å². The lowest BCUT2D eigenvalue weighted by Gasteiger charge is -2.12. The van der Waals surface area contributed by atoms with Gasteiger partial charge in [-0.05, 0) is 25.8 Å². The van der Waals surface area contributed by atoms with Crippen LogP contribution < -0.4 is 10.6 Å². The first-order chi connectivity index (χ1) is 8.74. The molecule has 0 saturated heterocycles. The van der Waals surface area contributed by atoms with Crippen LogP contribution >= 0.6 is 0 Å². The molecule has 18 heavy (non-hydrogen) atoms. The number of carbonyl (C=O) groups excluding carboxylic acids is 1. The van der Waals surface area contributed by atoms with Crippen molar-refractivity contribution >= 4 is 5.91 Å². The van der Waals surface area contributed by atoms with Crippen LogP contribution in [0.1, 0.15) is 37.2 Å². The maximum absolute atomic E-state index is 11.6. The minimum absolute atomic E-state index is 0.0766. The Hall–Kier alpha value is -1.49. The number of rotatable bonds is 5. The SMILES string of the molecule is Cc1nccc(CNCC(=O)NC2CCCC2)n1. The van der Waals surface area contributed by atoms with E-state index in [1.165, 1.54) is 12.8 Å². The smallest absolute Gasteiger partial charge is 0.234 e. The number of carbonyl (C=O) groups is 1. The lowest BCUT2D eigenvalue weighted by atomic mass is 10.2. The van der Waals surface area contributed by atoms with Gasteiger partial charge in [-0.1, -0.05) is 12.8 Å². The van der Waals surface area contributed by atoms with Gasteiger partial charge in [0, 0.05) is 18.8 Å². The second-order valence-corrected chi connectivity index (χ2v) is 4.75. The van der Waals surface area contributed by atoms with Crippen molar-refractivity contribution in [3.8, 4) is 0 Å². The third kappa shape index (κ3) is 4.07. The van der Waals surface area contributed by atoms with E-state index in [1.54, 1.807) is 6.20 Å². The van der Waals surface area contributed by atoms with Crippen LogP contribution in [0.15, 0.2) is 12.3 Å². The first-order valence-corrected chi connectivity index (χ1v) is 6.52. The van der Waals surface area contributed by atoms with Crippen molar-refractivity contribution in [1.29, 1.82) is 0 Å². The van der Waals surface area contributed by atoms with E-state index in [4.69, 9.17) is 0 Å². The van der Waals surface area contributed by atoms with Gasteiger partial charge in [-0.15, -0.1) is 0 Å². The van der Waals surface area contributed by atoms with Gasteiger partial charge < -0.3 is 10.6 Å². The van der Waals surface area contributed by atoms with Crippen LogP contribution in [-0.4, -0.2) is 28.5 Å². The summed E-state index contributed by atoms with van der Waals surface area (Å²) >= 11 is 0. The molecular weight excluding hydrogens is 228 g/mol. The Balaban J connectivity index is 1.66. The summed E-state index contributed by atoms with van der Waals surface area (Å²) in [5, 5.41) is 6.14. The van der Waals surface area contributed by atoms with E-state index in [-0.39, 0.29) is 5.91 Å². The summed E-state index contributed by atoms with van der Waals surface area (Å²) in [6.07, 6.45) is 6.45. The third-order valence-corrected chi connectivity index (χ3v) is 3.15. The minimum Gasteiger partial charge on any atom is -0.352 e. The standard InChI is InChI=1S/C13H20N4O/c1-10-15-7-6-12(16-10)8-14-9-13(18)17-11-4-2-3-5-11/h6-7,11,14H,2-5,8-9H2,1H3,(H,17,18). The molecule has 0 spiro atoms. The maximum atomic E-state index is 11.6. The average Bonchev–Trinajstić information content (AvgIpc) is 2.82. The Labute approximate surface area is 107 Å². The molecule has 1 aromatic rings. The Morgan fingerprint density at radius 3 is 2.94 bits per heavy atom. The predicted octanol–water partition coefficient (Wildman–Crippen LogP) is 0.933. The second-order valence-electron chi connectivity index (χ2n) is 4.75. The molecule has 1 saturated carbocycles. The Morgan fingerprint density at radius 2 is 2.22 bits per heavy atom. The van der Waals surface area contributed by atoms with Crippen molar-refractivity contribution < 1.29 is 4.79 Å². The molecule has 1 fully saturated rings. The molecule has 1 heterocycles. The van der Waals surface area contributed by atoms with Gasteiger partial charge in [0.05, 0.1) is 12.2 Å². The zero-order chi connectivity index (χ0) is 12.8. The third-order valence-electron chi connectivity index (χ3n) is 3.15. The van der Waals surface area contributed by atoms with Gasteiger partial charge in [0.2, 0.25) is 5.91 Å². The van der Waals surface area contributed by atoms with E-state index in [1.807, 2.05) is 13.0 Å². The van der Waals surface area contributed by atoms with Crippen LogP contribution in [0.2, 0.25) is 0 Å². The highest BCUT2D eigenvalue weighted by molar-refractivity contribution is 5.78. The molecule has 0 bridgehead atoms. The molecule has 0 atom stereocenters. The molecule has 2 rings (SSSR count). The van der Waals surface area contributed by atoms with E-state index in [9.17, 15) is 4.79 Å². The molecule has 0 aromatic carbocycles. The molecule has 5 nitrogen and oxygen atoms in total. The summed E-state index contributed by atoms with van der Waals surface area (Å²) < 4.78 is 0. The van der Waals surface area contributed by atoms with Crippen LogP contribution in [0.25, 0.3) is 0 Å². The van der Waals surface area contributed by atoms with Crippen molar-refractivity contribution in [2.45, 2.75) is 45.2 Å². The van der Waals surface area contributed by atoms with Crippen LogP contribution in [0, 0.1) is 6.92 Å². The fourth-order valence-electron chi connectivity index (χ4n) is 2.26. The number of hydrogen-bond donors (Lipinski definition) is 2. The van der Waals surface area contributed by atoms with Gasteiger partial charge >= 0.3 is 0 Å². The number of hydrogen-bond acceptors (Lipinski definition) is 4. The second kappa shape index (κ2) is 6.44. The highest BCUT2D eigenvalue weighted by Gasteiger charge is 2.16. The van der Waals surface area contributed by atoms with Crippen molar-refractivity contribution in [3.63, 3.8) is 0 Å². The first kappa shape index (κ1) is 13.0. The van der Waals surface area contributed by atoms with E-state index >= 15 is 0 Å². The van der Waals surface area contributed by atoms with Gasteiger partial charge in [-0.2, -0.15) is 0 Å². The summed E-state index contributed by atoms with van der Waals surface area (Å²) in [6, 6.07) is 2.25. The highest BCUT2D eigenvalue weighted by Crippen LogP contribution is 2.17. The molecule has 98 valence electrons. The molecule has 2 N–H and O–H groups in total. The number of aromatic nitrogens is 2. The fourth-order valence-corrected chi connectivity index (χ4v) is 2.26. The first-order valence-electron chi connectivity index (χ1n) is 6.52. The van der Waals surface area contributed by atoms with E-state index in [0.717, 1.165) is 24.4 Å². The number of nitrogens with one attached hydrogen (secondary N) is 2. The van der Waals surface area contributed by atoms with Gasteiger partial charge in [0.15, 0.2) is 0 Å². The number of nitrogens with zero attached hydrogens (tertiary/aromatic N) is 2. The Morgan fingerprint density at radius 1 is 1.44 bits per heavy atom. The summed E-state index contributed by atoms with van der Waals surface area (Å²) in [5.74, 6) is 0.831. The predicted molar refractivity (Wildman–Crippen MR) is 68.9 cm³/mol. The Bertz CT molecular complexity index is 402. The van der Waals surface area contributed by atoms with Crippen molar-refractivity contribution in [3.05, 3.63) is 23.8 Å². The molecule has 1 amide bonds. The summed E-state index contributed by atoms with van der Waals surface area (Å²) in [5.41, 5.74) is 0.913. The number of amides is 1. The molecule has 1 aromatic heterocycles. The Kier molecular flexibility index (Phi) is 4.64. The van der Waals surface area contributed by atoms with Crippen LogP contribution in [0.5, 0.6) is 0 Å². The molecule has 1 aliphatic rings. The van der Waals surface area contributed by atoms with Crippen molar-refractivity contribution in [2.75, 3.05) is 6.54 Å². The largest absolute Gasteiger partial charge is 0.352 e. The maximum Gasteiger partial charge on any atom is 0.234 e. The van der Waals surface area contributed by atoms with E-state index < -0.39 is 0 Å². The van der Waals surface area contributed by atoms with E-state index in [2.05, 4.69) is 20.6 Å². The zero-order valence-electron chi connectivity index (χ0n) is 10.8. The lowest BCUT2D eigenvalue weighted by molar-refractivity contribution is -0.120. The van der Waals surface area contributed by atoms with Gasteiger partial charge in [-0.25, -0.2) is 9.97 Å². The molecule has 0 radical (unpaired) electrons. The lowest BCUT2D eigenvalue weighted by Crippen LogP contribution is -2.39. The molecule has 5 heteroatoms. The fraction of sp³-hybridized carbons (Fsp3) is 0.615. The normalized spacial score (nSPS) is 15.8. The summed E-state index contributed by atoms with van der Waals surface area (Å²) in [4.78, 5) is 20.0. The summed E-state index contributed by atoms with van der Waals surface area (Å²) in [6.45, 7) is 2.80. The number of aryl methyl sites for hydroxylation is 1. The van der Waals surface area contributed by atoms with Crippen LogP contribution in [0.3, 0.4) is 0 Å². The average molecular weight is 248 g/mol. The molecule has 0 unspecified atom stereocenters. The van der Waals surface area contributed by atoms with Crippen molar-refractivity contribution in [1.82, 2.24) is 20.6 Å². The topological polar surface area (TPSA) is 66.9 Å². The quantitative estimate of drug-likeness (QED) is 0.813. The summed E-state index contributed by atoms with van der Waals surface area (Å²) in [7, 11) is 0. The van der Waals surface area contributed by atoms with Gasteiger partial charge in [-0.3, -0.25) is 4.79 Å². The molecule has 1 aliphatic carbocycles. The van der Waals surface area contributed by atoms with Crippen LogP contribution in [-0.2, 0) is 11.3 Å². The molecule has 0 aliphatic heterocycles. The van der Waals surface area contributed by atoms with Gasteiger partial charge in [0.1, 0.15) is 5.82 Å². The van der Waals surface area contributed by atoms with Gasteiger partial charge in [0.25, 0.3) is 0 Å².